The Labute approximate surface area is 131 Å². The van der Waals surface area contributed by atoms with Crippen LogP contribution in [0.1, 0.15) is 0 Å². The number of nitrogens with one attached hydrogen (secondary N) is 1. The highest BCUT2D eigenvalue weighted by Crippen LogP contribution is 2.27. The summed E-state index contributed by atoms with van der Waals surface area (Å²) < 4.78 is 10.5. The van der Waals surface area contributed by atoms with Crippen molar-refractivity contribution < 1.29 is 13.9 Å². The Balaban J connectivity index is 1.91. The SMILES string of the molecule is COCC(=O)Nc1cccc(-c2nc3cc(Cl)ccc3o2)c1. The Morgan fingerprint density at radius 1 is 1.32 bits per heavy atom. The normalized spacial score (nSPS) is 10.8. The molecule has 0 fully saturated rings. The summed E-state index contributed by atoms with van der Waals surface area (Å²) in [6, 6.07) is 12.5. The lowest BCUT2D eigenvalue weighted by Crippen LogP contribution is -2.16. The molecule has 0 aliphatic rings. The molecule has 0 radical (unpaired) electrons. The summed E-state index contributed by atoms with van der Waals surface area (Å²) in [5.41, 5.74) is 2.77. The van der Waals surface area contributed by atoms with Gasteiger partial charge in [-0.15, -0.1) is 0 Å². The lowest BCUT2D eigenvalue weighted by atomic mass is 10.2. The molecule has 6 heteroatoms. The topological polar surface area (TPSA) is 64.4 Å². The third-order valence-electron chi connectivity index (χ3n) is 3.02. The van der Waals surface area contributed by atoms with Crippen molar-refractivity contribution in [3.63, 3.8) is 0 Å². The van der Waals surface area contributed by atoms with Crippen LogP contribution in [0.25, 0.3) is 22.6 Å². The molecule has 1 amide bonds. The number of hydrogen-bond donors (Lipinski definition) is 1. The van der Waals surface area contributed by atoms with Gasteiger partial charge in [-0.05, 0) is 36.4 Å². The largest absolute Gasteiger partial charge is 0.436 e. The number of benzene rings is 2. The summed E-state index contributed by atoms with van der Waals surface area (Å²) in [5, 5.41) is 3.35. The van der Waals surface area contributed by atoms with Crippen LogP contribution in [0.4, 0.5) is 5.69 Å². The molecule has 1 N–H and O–H groups in total. The number of carbonyl (C=O) groups excluding carboxylic acids is 1. The molecule has 0 spiro atoms. The fraction of sp³-hybridized carbons (Fsp3) is 0.125. The number of carbonyl (C=O) groups is 1. The molecule has 112 valence electrons. The third kappa shape index (κ3) is 3.10. The molecule has 0 aliphatic carbocycles. The number of methoxy groups -OCH3 is 1. The van der Waals surface area contributed by atoms with Crippen LogP contribution in [0, 0.1) is 0 Å². The van der Waals surface area contributed by atoms with Gasteiger partial charge in [-0.2, -0.15) is 0 Å². The minimum absolute atomic E-state index is 0.00557. The van der Waals surface area contributed by atoms with Gasteiger partial charge in [-0.25, -0.2) is 4.98 Å². The molecule has 1 aromatic heterocycles. The van der Waals surface area contributed by atoms with E-state index in [9.17, 15) is 4.79 Å². The number of fused-ring (bicyclic) bond motifs is 1. The van der Waals surface area contributed by atoms with Crippen LogP contribution >= 0.6 is 11.6 Å². The Kier molecular flexibility index (Phi) is 4.09. The summed E-state index contributed by atoms with van der Waals surface area (Å²) in [4.78, 5) is 16.0. The minimum atomic E-state index is -0.219. The van der Waals surface area contributed by atoms with Crippen molar-refractivity contribution in [3.8, 4) is 11.5 Å². The van der Waals surface area contributed by atoms with Crippen molar-refractivity contribution in [1.82, 2.24) is 4.98 Å². The zero-order chi connectivity index (χ0) is 15.5. The molecule has 1 heterocycles. The number of ether oxygens (including phenoxy) is 1. The van der Waals surface area contributed by atoms with Gasteiger partial charge in [0.2, 0.25) is 11.8 Å². The average molecular weight is 317 g/mol. The van der Waals surface area contributed by atoms with Gasteiger partial charge in [-0.3, -0.25) is 4.79 Å². The summed E-state index contributed by atoms with van der Waals surface area (Å²) in [5.74, 6) is 0.254. The lowest BCUT2D eigenvalue weighted by molar-refractivity contribution is -0.119. The first-order valence-electron chi connectivity index (χ1n) is 6.61. The van der Waals surface area contributed by atoms with E-state index in [1.54, 1.807) is 30.3 Å². The van der Waals surface area contributed by atoms with Gasteiger partial charge in [0.25, 0.3) is 0 Å². The number of hydrogen-bond acceptors (Lipinski definition) is 4. The van der Waals surface area contributed by atoms with Gasteiger partial charge in [0.15, 0.2) is 5.58 Å². The minimum Gasteiger partial charge on any atom is -0.436 e. The fourth-order valence-electron chi connectivity index (χ4n) is 2.08. The molecule has 3 aromatic rings. The molecule has 22 heavy (non-hydrogen) atoms. The summed E-state index contributed by atoms with van der Waals surface area (Å²) in [7, 11) is 1.47. The quantitative estimate of drug-likeness (QED) is 0.796. The predicted octanol–water partition coefficient (Wildman–Crippen LogP) is 3.73. The highest BCUT2D eigenvalue weighted by molar-refractivity contribution is 6.31. The second kappa shape index (κ2) is 6.17. The number of halogens is 1. The summed E-state index contributed by atoms with van der Waals surface area (Å²) in [6.07, 6.45) is 0. The molecule has 0 unspecified atom stereocenters. The van der Waals surface area contributed by atoms with Crippen LogP contribution in [0.3, 0.4) is 0 Å². The fourth-order valence-corrected chi connectivity index (χ4v) is 2.25. The third-order valence-corrected chi connectivity index (χ3v) is 3.25. The Bertz CT molecular complexity index is 829. The monoisotopic (exact) mass is 316 g/mol. The molecule has 2 aromatic carbocycles. The van der Waals surface area contributed by atoms with Crippen LogP contribution in [-0.4, -0.2) is 24.6 Å². The van der Waals surface area contributed by atoms with Crippen molar-refractivity contribution in [2.45, 2.75) is 0 Å². The number of aromatic nitrogens is 1. The van der Waals surface area contributed by atoms with E-state index in [2.05, 4.69) is 10.3 Å². The smallest absolute Gasteiger partial charge is 0.250 e. The number of anilines is 1. The first-order chi connectivity index (χ1) is 10.7. The molecule has 0 saturated heterocycles. The number of amides is 1. The van der Waals surface area contributed by atoms with Crippen LogP contribution in [0.15, 0.2) is 46.9 Å². The zero-order valence-electron chi connectivity index (χ0n) is 11.8. The van der Waals surface area contributed by atoms with E-state index in [0.29, 0.717) is 27.7 Å². The molecule has 0 aliphatic heterocycles. The molecular weight excluding hydrogens is 304 g/mol. The lowest BCUT2D eigenvalue weighted by Gasteiger charge is -2.05. The summed E-state index contributed by atoms with van der Waals surface area (Å²) in [6.45, 7) is 0.00557. The van der Waals surface area contributed by atoms with E-state index in [1.165, 1.54) is 7.11 Å². The maximum atomic E-state index is 11.5. The van der Waals surface area contributed by atoms with Crippen molar-refractivity contribution in [2.75, 3.05) is 19.0 Å². The first kappa shape index (κ1) is 14.6. The van der Waals surface area contributed by atoms with Crippen molar-refractivity contribution >= 4 is 34.3 Å². The highest BCUT2D eigenvalue weighted by Gasteiger charge is 2.10. The van der Waals surface area contributed by atoms with Crippen LogP contribution in [0.2, 0.25) is 5.02 Å². The number of rotatable bonds is 4. The van der Waals surface area contributed by atoms with Crippen LogP contribution < -0.4 is 5.32 Å². The van der Waals surface area contributed by atoms with Gasteiger partial charge >= 0.3 is 0 Å². The van der Waals surface area contributed by atoms with Crippen LogP contribution in [0.5, 0.6) is 0 Å². The van der Waals surface area contributed by atoms with E-state index in [-0.39, 0.29) is 12.5 Å². The van der Waals surface area contributed by atoms with E-state index < -0.39 is 0 Å². The molecule has 0 bridgehead atoms. The van der Waals surface area contributed by atoms with Gasteiger partial charge in [0.05, 0.1) is 0 Å². The second-order valence-electron chi connectivity index (χ2n) is 4.69. The van der Waals surface area contributed by atoms with Crippen LogP contribution in [-0.2, 0) is 9.53 Å². The van der Waals surface area contributed by atoms with E-state index in [1.807, 2.05) is 12.1 Å². The molecule has 0 saturated carbocycles. The number of nitrogens with zero attached hydrogens (tertiary/aromatic N) is 1. The van der Waals surface area contributed by atoms with Crippen molar-refractivity contribution in [2.24, 2.45) is 0 Å². The predicted molar refractivity (Wildman–Crippen MR) is 85.0 cm³/mol. The Morgan fingerprint density at radius 2 is 2.18 bits per heavy atom. The Hall–Kier alpha value is -2.37. The first-order valence-corrected chi connectivity index (χ1v) is 6.99. The molecule has 5 nitrogen and oxygen atoms in total. The standard InChI is InChI=1S/C16H13ClN2O3/c1-21-9-15(20)18-12-4-2-3-10(7-12)16-19-13-8-11(17)5-6-14(13)22-16/h2-8H,9H2,1H3,(H,18,20). The number of oxazole rings is 1. The van der Waals surface area contributed by atoms with E-state index in [4.69, 9.17) is 20.8 Å². The molecule has 3 rings (SSSR count). The maximum Gasteiger partial charge on any atom is 0.250 e. The van der Waals surface area contributed by atoms with Crippen molar-refractivity contribution in [1.29, 1.82) is 0 Å². The molecular formula is C16H13ClN2O3. The van der Waals surface area contributed by atoms with Crippen molar-refractivity contribution in [3.05, 3.63) is 47.5 Å². The van der Waals surface area contributed by atoms with Gasteiger partial charge < -0.3 is 14.5 Å². The average Bonchev–Trinajstić information content (AvgIpc) is 2.90. The molecule has 0 atom stereocenters. The summed E-state index contributed by atoms with van der Waals surface area (Å²) >= 11 is 5.95. The van der Waals surface area contributed by atoms with E-state index in [0.717, 1.165) is 5.56 Å². The van der Waals surface area contributed by atoms with Gasteiger partial charge in [-0.1, -0.05) is 17.7 Å². The highest BCUT2D eigenvalue weighted by atomic mass is 35.5. The second-order valence-corrected chi connectivity index (χ2v) is 5.13. The zero-order valence-corrected chi connectivity index (χ0v) is 12.6. The van der Waals surface area contributed by atoms with E-state index >= 15 is 0 Å². The maximum absolute atomic E-state index is 11.5. The van der Waals surface area contributed by atoms with Gasteiger partial charge in [0.1, 0.15) is 12.1 Å². The van der Waals surface area contributed by atoms with Gasteiger partial charge in [0, 0.05) is 23.4 Å². The Morgan fingerprint density at radius 3 is 3.00 bits per heavy atom.